The van der Waals surface area contributed by atoms with Gasteiger partial charge in [0, 0.05) is 51.6 Å². The van der Waals surface area contributed by atoms with Crippen molar-refractivity contribution in [3.05, 3.63) is 36.4 Å². The van der Waals surface area contributed by atoms with Gasteiger partial charge in [-0.2, -0.15) is 0 Å². The summed E-state index contributed by atoms with van der Waals surface area (Å²) >= 11 is 0. The maximum absolute atomic E-state index is 6.00. The third-order valence-electron chi connectivity index (χ3n) is 5.21. The van der Waals surface area contributed by atoms with E-state index in [0.29, 0.717) is 0 Å². The first-order valence-electron chi connectivity index (χ1n) is 10.2. The summed E-state index contributed by atoms with van der Waals surface area (Å²) in [5.41, 5.74) is 18.0. The summed E-state index contributed by atoms with van der Waals surface area (Å²) in [5, 5.41) is 6.33. The van der Waals surface area contributed by atoms with Gasteiger partial charge < -0.3 is 31.9 Å². The summed E-state index contributed by atoms with van der Waals surface area (Å²) in [5.74, 6) is 0. The van der Waals surface area contributed by atoms with Crippen LogP contribution in [-0.4, -0.2) is 40.3 Å². The Labute approximate surface area is 169 Å². The number of nitrogens with zero attached hydrogens (tertiary/aromatic N) is 2. The Morgan fingerprint density at radius 1 is 0.714 bits per heavy atom. The van der Waals surface area contributed by atoms with E-state index in [9.17, 15) is 0 Å². The number of hydrogen-bond acceptors (Lipinski definition) is 6. The fourth-order valence-corrected chi connectivity index (χ4v) is 3.46. The monoisotopic (exact) mass is 384 g/mol. The van der Waals surface area contributed by atoms with Crippen LogP contribution in [0.3, 0.4) is 0 Å². The smallest absolute Gasteiger partial charge is 0.0592 e. The highest BCUT2D eigenvalue weighted by Crippen LogP contribution is 2.27. The van der Waals surface area contributed by atoms with Gasteiger partial charge in [0.05, 0.1) is 22.7 Å². The fraction of sp³-hybridized carbons (Fsp3) is 0.455. The molecule has 0 bridgehead atoms. The number of unbranched alkanes of at least 4 members (excludes halogenated alkanes) is 1. The van der Waals surface area contributed by atoms with Gasteiger partial charge in [-0.15, -0.1) is 0 Å². The van der Waals surface area contributed by atoms with Gasteiger partial charge in [-0.3, -0.25) is 0 Å². The maximum Gasteiger partial charge on any atom is 0.0592 e. The van der Waals surface area contributed by atoms with Crippen LogP contribution in [-0.2, 0) is 0 Å². The fourth-order valence-electron chi connectivity index (χ4n) is 3.46. The molecule has 0 heterocycles. The zero-order valence-electron chi connectivity index (χ0n) is 17.8. The Bertz CT molecular complexity index is 682. The molecule has 6 N–H and O–H groups in total. The predicted octanol–water partition coefficient (Wildman–Crippen LogP) is 4.07. The van der Waals surface area contributed by atoms with Gasteiger partial charge in [-0.05, 0) is 63.1 Å². The van der Waals surface area contributed by atoms with Gasteiger partial charge in [-0.1, -0.05) is 0 Å². The van der Waals surface area contributed by atoms with E-state index in [1.807, 2.05) is 26.2 Å². The molecule has 0 atom stereocenters. The lowest BCUT2D eigenvalue weighted by Crippen LogP contribution is -2.27. The van der Waals surface area contributed by atoms with Crippen LogP contribution in [0.4, 0.5) is 34.1 Å². The first kappa shape index (κ1) is 21.5. The SMILES string of the molecule is CCN(CCCCN(CC)c1ccc(N)c(NC)c1)c1ccc(N)c(NC)c1. The summed E-state index contributed by atoms with van der Waals surface area (Å²) in [7, 11) is 3.81. The molecule has 0 aliphatic rings. The zero-order valence-corrected chi connectivity index (χ0v) is 17.8. The number of rotatable bonds is 11. The highest BCUT2D eigenvalue weighted by molar-refractivity contribution is 5.72. The number of nitrogens with one attached hydrogen (secondary N) is 2. The van der Waals surface area contributed by atoms with Gasteiger partial charge in [0.15, 0.2) is 0 Å². The van der Waals surface area contributed by atoms with Crippen molar-refractivity contribution >= 4 is 34.1 Å². The molecule has 28 heavy (non-hydrogen) atoms. The third kappa shape index (κ3) is 5.38. The highest BCUT2D eigenvalue weighted by atomic mass is 15.1. The van der Waals surface area contributed by atoms with E-state index in [-0.39, 0.29) is 0 Å². The molecule has 6 nitrogen and oxygen atoms in total. The molecule has 2 aromatic carbocycles. The molecule has 0 amide bonds. The van der Waals surface area contributed by atoms with E-state index >= 15 is 0 Å². The van der Waals surface area contributed by atoms with E-state index in [0.717, 1.165) is 61.8 Å². The Balaban J connectivity index is 1.92. The van der Waals surface area contributed by atoms with Crippen molar-refractivity contribution < 1.29 is 0 Å². The summed E-state index contributed by atoms with van der Waals surface area (Å²) < 4.78 is 0. The van der Waals surface area contributed by atoms with Gasteiger partial charge in [0.1, 0.15) is 0 Å². The van der Waals surface area contributed by atoms with Crippen molar-refractivity contribution in [1.82, 2.24) is 0 Å². The number of hydrogen-bond donors (Lipinski definition) is 4. The molecule has 2 aromatic rings. The topological polar surface area (TPSA) is 82.6 Å². The van der Waals surface area contributed by atoms with Gasteiger partial charge in [-0.25, -0.2) is 0 Å². The molecule has 154 valence electrons. The Kier molecular flexibility index (Phi) is 8.11. The lowest BCUT2D eigenvalue weighted by atomic mass is 10.2. The standard InChI is InChI=1S/C22H36N6/c1-5-27(17-9-11-19(23)21(15-17)25-3)13-7-8-14-28(6-2)18-10-12-20(24)22(16-18)26-4/h9-12,15-16,25-26H,5-8,13-14,23-24H2,1-4H3. The minimum Gasteiger partial charge on any atom is -0.397 e. The van der Waals surface area contributed by atoms with Crippen LogP contribution in [0.1, 0.15) is 26.7 Å². The molecule has 2 rings (SSSR count). The van der Waals surface area contributed by atoms with Crippen LogP contribution in [0.25, 0.3) is 0 Å². The number of anilines is 6. The quantitative estimate of drug-likeness (QED) is 0.345. The third-order valence-corrected chi connectivity index (χ3v) is 5.21. The van der Waals surface area contributed by atoms with E-state index in [2.05, 4.69) is 58.5 Å². The molecule has 0 unspecified atom stereocenters. The normalized spacial score (nSPS) is 10.6. The molecular formula is C22H36N6. The minimum atomic E-state index is 0.783. The van der Waals surface area contributed by atoms with Crippen molar-refractivity contribution in [2.45, 2.75) is 26.7 Å². The molecular weight excluding hydrogens is 348 g/mol. The Morgan fingerprint density at radius 3 is 1.43 bits per heavy atom. The average Bonchev–Trinajstić information content (AvgIpc) is 2.72. The average molecular weight is 385 g/mol. The van der Waals surface area contributed by atoms with Gasteiger partial charge >= 0.3 is 0 Å². The van der Waals surface area contributed by atoms with Crippen molar-refractivity contribution in [1.29, 1.82) is 0 Å². The van der Waals surface area contributed by atoms with Crippen LogP contribution in [0.2, 0.25) is 0 Å². The Hall–Kier alpha value is -2.76. The van der Waals surface area contributed by atoms with E-state index < -0.39 is 0 Å². The van der Waals surface area contributed by atoms with Crippen molar-refractivity contribution in [3.63, 3.8) is 0 Å². The maximum atomic E-state index is 6.00. The largest absolute Gasteiger partial charge is 0.397 e. The lowest BCUT2D eigenvalue weighted by molar-refractivity contribution is 0.674. The van der Waals surface area contributed by atoms with Crippen LogP contribution in [0.5, 0.6) is 0 Å². The second kappa shape index (κ2) is 10.5. The van der Waals surface area contributed by atoms with E-state index in [4.69, 9.17) is 11.5 Å². The first-order valence-corrected chi connectivity index (χ1v) is 10.2. The second-order valence-corrected chi connectivity index (χ2v) is 6.91. The van der Waals surface area contributed by atoms with Gasteiger partial charge in [0.25, 0.3) is 0 Å². The molecule has 0 fully saturated rings. The predicted molar refractivity (Wildman–Crippen MR) is 126 cm³/mol. The highest BCUT2D eigenvalue weighted by Gasteiger charge is 2.09. The lowest BCUT2D eigenvalue weighted by Gasteiger charge is -2.26. The number of nitrogens with two attached hydrogens (primary N) is 2. The molecule has 0 saturated heterocycles. The van der Waals surface area contributed by atoms with Crippen molar-refractivity contribution in [2.75, 3.05) is 72.2 Å². The van der Waals surface area contributed by atoms with Crippen molar-refractivity contribution in [2.24, 2.45) is 0 Å². The van der Waals surface area contributed by atoms with E-state index in [1.165, 1.54) is 11.4 Å². The van der Waals surface area contributed by atoms with Crippen molar-refractivity contribution in [3.8, 4) is 0 Å². The molecule has 0 aliphatic heterocycles. The summed E-state index contributed by atoms with van der Waals surface area (Å²) in [6.07, 6.45) is 2.27. The van der Waals surface area contributed by atoms with Crippen LogP contribution in [0.15, 0.2) is 36.4 Å². The zero-order chi connectivity index (χ0) is 20.5. The Morgan fingerprint density at radius 2 is 1.11 bits per heavy atom. The molecule has 0 aromatic heterocycles. The number of nitrogen functional groups attached to an aromatic ring is 2. The summed E-state index contributed by atoms with van der Waals surface area (Å²) in [6, 6.07) is 12.4. The second-order valence-electron chi connectivity index (χ2n) is 6.91. The van der Waals surface area contributed by atoms with E-state index in [1.54, 1.807) is 0 Å². The van der Waals surface area contributed by atoms with Crippen LogP contribution >= 0.6 is 0 Å². The summed E-state index contributed by atoms with van der Waals surface area (Å²) in [6.45, 7) is 8.42. The van der Waals surface area contributed by atoms with Crippen LogP contribution < -0.4 is 31.9 Å². The molecule has 0 spiro atoms. The number of benzene rings is 2. The first-order chi connectivity index (χ1) is 13.5. The summed E-state index contributed by atoms with van der Waals surface area (Å²) in [4.78, 5) is 4.80. The van der Waals surface area contributed by atoms with Gasteiger partial charge in [0.2, 0.25) is 0 Å². The van der Waals surface area contributed by atoms with Crippen LogP contribution in [0, 0.1) is 0 Å². The minimum absolute atomic E-state index is 0.783. The molecule has 6 heteroatoms. The molecule has 0 saturated carbocycles. The molecule has 0 radical (unpaired) electrons. The molecule has 0 aliphatic carbocycles.